The van der Waals surface area contributed by atoms with Crippen LogP contribution >= 0.6 is 0 Å². The van der Waals surface area contributed by atoms with Gasteiger partial charge >= 0.3 is 5.97 Å². The maximum absolute atomic E-state index is 11.8. The Bertz CT molecular complexity index is 767. The van der Waals surface area contributed by atoms with Crippen LogP contribution in [-0.4, -0.2) is 43.8 Å². The number of aliphatic hydroxyl groups is 1. The SMILES string of the molecule is CC(=O)OCC1C(CO)CC1n1cnc2c(=O)[nH]c(N)nc21. The van der Waals surface area contributed by atoms with E-state index in [-0.39, 0.29) is 48.5 Å². The van der Waals surface area contributed by atoms with Crippen molar-refractivity contribution < 1.29 is 14.6 Å². The first-order valence-electron chi connectivity index (χ1n) is 6.97. The van der Waals surface area contributed by atoms with Crippen LogP contribution in [0.5, 0.6) is 0 Å². The van der Waals surface area contributed by atoms with Gasteiger partial charge in [0.1, 0.15) is 0 Å². The second kappa shape index (κ2) is 5.41. The van der Waals surface area contributed by atoms with Gasteiger partial charge in [0.05, 0.1) is 12.9 Å². The van der Waals surface area contributed by atoms with Crippen LogP contribution in [0.2, 0.25) is 0 Å². The molecule has 1 aliphatic rings. The van der Waals surface area contributed by atoms with Gasteiger partial charge in [0.25, 0.3) is 5.56 Å². The van der Waals surface area contributed by atoms with Crippen molar-refractivity contribution in [3.8, 4) is 0 Å². The quantitative estimate of drug-likeness (QED) is 0.644. The summed E-state index contributed by atoms with van der Waals surface area (Å²) in [4.78, 5) is 33.4. The molecule has 2 aromatic heterocycles. The number of rotatable bonds is 4. The van der Waals surface area contributed by atoms with E-state index in [9.17, 15) is 14.7 Å². The van der Waals surface area contributed by atoms with Crippen molar-refractivity contribution in [2.75, 3.05) is 18.9 Å². The molecule has 3 rings (SSSR count). The number of aromatic nitrogens is 4. The van der Waals surface area contributed by atoms with E-state index in [1.807, 2.05) is 0 Å². The van der Waals surface area contributed by atoms with Gasteiger partial charge in [-0.05, 0) is 12.3 Å². The number of anilines is 1. The fraction of sp³-hybridized carbons (Fsp3) is 0.538. The van der Waals surface area contributed by atoms with Gasteiger partial charge in [-0.1, -0.05) is 0 Å². The van der Waals surface area contributed by atoms with E-state index in [0.717, 1.165) is 0 Å². The molecule has 3 atom stereocenters. The summed E-state index contributed by atoms with van der Waals surface area (Å²) in [6.45, 7) is 1.57. The number of carbonyl (C=O) groups excluding carboxylic acids is 1. The average molecular weight is 307 g/mol. The van der Waals surface area contributed by atoms with Crippen molar-refractivity contribution in [2.45, 2.75) is 19.4 Å². The largest absolute Gasteiger partial charge is 0.465 e. The smallest absolute Gasteiger partial charge is 0.302 e. The zero-order valence-electron chi connectivity index (χ0n) is 12.0. The van der Waals surface area contributed by atoms with Crippen LogP contribution in [0.15, 0.2) is 11.1 Å². The summed E-state index contributed by atoms with van der Waals surface area (Å²) in [6.07, 6.45) is 2.23. The monoisotopic (exact) mass is 307 g/mol. The first kappa shape index (κ1) is 14.5. The molecule has 0 saturated heterocycles. The molecule has 9 nitrogen and oxygen atoms in total. The van der Waals surface area contributed by atoms with Gasteiger partial charge in [-0.2, -0.15) is 4.98 Å². The normalized spacial score (nSPS) is 24.2. The minimum atomic E-state index is -0.393. The molecule has 1 fully saturated rings. The molecule has 4 N–H and O–H groups in total. The Hall–Kier alpha value is -2.42. The third kappa shape index (κ3) is 2.33. The number of fused-ring (bicyclic) bond motifs is 1. The number of hydrogen-bond donors (Lipinski definition) is 3. The van der Waals surface area contributed by atoms with Gasteiger partial charge in [0.15, 0.2) is 11.2 Å². The average Bonchev–Trinajstić information content (AvgIpc) is 2.82. The Morgan fingerprint density at radius 2 is 2.41 bits per heavy atom. The van der Waals surface area contributed by atoms with Crippen molar-refractivity contribution in [3.63, 3.8) is 0 Å². The summed E-state index contributed by atoms with van der Waals surface area (Å²) in [5, 5.41) is 9.38. The molecule has 0 amide bonds. The van der Waals surface area contributed by atoms with E-state index in [2.05, 4.69) is 15.0 Å². The lowest BCUT2D eigenvalue weighted by molar-refractivity contribution is -0.146. The highest BCUT2D eigenvalue weighted by Gasteiger charge is 2.43. The maximum atomic E-state index is 11.8. The van der Waals surface area contributed by atoms with Crippen molar-refractivity contribution >= 4 is 23.1 Å². The molecule has 1 saturated carbocycles. The van der Waals surface area contributed by atoms with Crippen molar-refractivity contribution in [2.24, 2.45) is 11.8 Å². The highest BCUT2D eigenvalue weighted by Crippen LogP contribution is 2.44. The molecule has 2 aromatic rings. The van der Waals surface area contributed by atoms with Crippen LogP contribution in [0.1, 0.15) is 19.4 Å². The molecule has 0 radical (unpaired) electrons. The maximum Gasteiger partial charge on any atom is 0.302 e. The lowest BCUT2D eigenvalue weighted by atomic mass is 9.70. The lowest BCUT2D eigenvalue weighted by Crippen LogP contribution is -2.43. The molecule has 1 aliphatic carbocycles. The second-order valence-electron chi connectivity index (χ2n) is 5.49. The van der Waals surface area contributed by atoms with Crippen LogP contribution in [0.4, 0.5) is 5.95 Å². The predicted octanol–water partition coefficient (Wildman–Crippen LogP) is -0.566. The highest BCUT2D eigenvalue weighted by atomic mass is 16.5. The summed E-state index contributed by atoms with van der Waals surface area (Å²) < 4.78 is 6.83. The number of imidazole rings is 1. The summed E-state index contributed by atoms with van der Waals surface area (Å²) in [7, 11) is 0. The van der Waals surface area contributed by atoms with E-state index in [4.69, 9.17) is 10.5 Å². The number of carbonyl (C=O) groups is 1. The highest BCUT2D eigenvalue weighted by molar-refractivity contribution is 5.70. The molecule has 0 bridgehead atoms. The molecular weight excluding hydrogens is 290 g/mol. The predicted molar refractivity (Wildman–Crippen MR) is 76.9 cm³/mol. The fourth-order valence-electron chi connectivity index (χ4n) is 2.95. The number of nitrogens with one attached hydrogen (secondary N) is 1. The molecule has 0 aromatic carbocycles. The molecule has 118 valence electrons. The van der Waals surface area contributed by atoms with E-state index in [1.54, 1.807) is 4.57 Å². The Kier molecular flexibility index (Phi) is 3.57. The van der Waals surface area contributed by atoms with Crippen LogP contribution < -0.4 is 11.3 Å². The molecular formula is C13H17N5O4. The molecule has 22 heavy (non-hydrogen) atoms. The first-order valence-corrected chi connectivity index (χ1v) is 6.97. The number of nitrogens with zero attached hydrogens (tertiary/aromatic N) is 3. The Labute approximate surface area is 125 Å². The number of H-pyrrole nitrogens is 1. The molecule has 0 aliphatic heterocycles. The number of nitrogens with two attached hydrogens (primary N) is 1. The van der Waals surface area contributed by atoms with Gasteiger partial charge in [-0.3, -0.25) is 14.6 Å². The topological polar surface area (TPSA) is 136 Å². The standard InChI is InChI=1S/C13H17N5O4/c1-6(20)22-4-8-7(3-19)2-9(8)18-5-15-10-11(18)16-13(14)17-12(10)21/h5,7-9,19H,2-4H2,1H3,(H3,14,16,17,21). The van der Waals surface area contributed by atoms with Crippen molar-refractivity contribution in [1.29, 1.82) is 0 Å². The minimum Gasteiger partial charge on any atom is -0.465 e. The van der Waals surface area contributed by atoms with Gasteiger partial charge in [-0.25, -0.2) is 4.98 Å². The van der Waals surface area contributed by atoms with Gasteiger partial charge in [0.2, 0.25) is 5.95 Å². The second-order valence-corrected chi connectivity index (χ2v) is 5.49. The summed E-state index contributed by atoms with van der Waals surface area (Å²) in [6, 6.07) is -0.0461. The Balaban J connectivity index is 1.93. The third-order valence-corrected chi connectivity index (χ3v) is 4.17. The number of ether oxygens (including phenoxy) is 1. The zero-order valence-corrected chi connectivity index (χ0v) is 12.0. The number of hydrogen-bond acceptors (Lipinski definition) is 7. The van der Waals surface area contributed by atoms with Crippen molar-refractivity contribution in [1.82, 2.24) is 19.5 Å². The van der Waals surface area contributed by atoms with E-state index in [1.165, 1.54) is 13.3 Å². The Morgan fingerprint density at radius 1 is 1.64 bits per heavy atom. The minimum absolute atomic E-state index is 0.0191. The van der Waals surface area contributed by atoms with Gasteiger partial charge in [0, 0.05) is 25.5 Å². The molecule has 0 spiro atoms. The molecule has 3 unspecified atom stereocenters. The lowest BCUT2D eigenvalue weighted by Gasteiger charge is -2.44. The number of esters is 1. The van der Waals surface area contributed by atoms with Crippen LogP contribution in [-0.2, 0) is 9.53 Å². The number of aliphatic hydroxyl groups excluding tert-OH is 1. The van der Waals surface area contributed by atoms with E-state index >= 15 is 0 Å². The van der Waals surface area contributed by atoms with Crippen LogP contribution in [0.3, 0.4) is 0 Å². The van der Waals surface area contributed by atoms with Crippen molar-refractivity contribution in [3.05, 3.63) is 16.7 Å². The molecule has 9 heteroatoms. The van der Waals surface area contributed by atoms with Crippen LogP contribution in [0.25, 0.3) is 11.2 Å². The van der Waals surface area contributed by atoms with E-state index in [0.29, 0.717) is 12.1 Å². The van der Waals surface area contributed by atoms with Gasteiger partial charge < -0.3 is 20.1 Å². The number of nitrogen functional groups attached to an aromatic ring is 1. The first-order chi connectivity index (χ1) is 10.5. The van der Waals surface area contributed by atoms with Crippen LogP contribution in [0, 0.1) is 11.8 Å². The molecule has 2 heterocycles. The zero-order chi connectivity index (χ0) is 15.9. The Morgan fingerprint density at radius 3 is 3.09 bits per heavy atom. The van der Waals surface area contributed by atoms with Gasteiger partial charge in [-0.15, -0.1) is 0 Å². The third-order valence-electron chi connectivity index (χ3n) is 4.17. The summed E-state index contributed by atoms with van der Waals surface area (Å²) in [5.74, 6) is -0.347. The summed E-state index contributed by atoms with van der Waals surface area (Å²) in [5.41, 5.74) is 5.80. The summed E-state index contributed by atoms with van der Waals surface area (Å²) >= 11 is 0. The van der Waals surface area contributed by atoms with E-state index < -0.39 is 5.56 Å². The number of aromatic amines is 1. The fourth-order valence-corrected chi connectivity index (χ4v) is 2.95.